The molecule has 1 heterocycles. The van der Waals surface area contributed by atoms with Crippen molar-refractivity contribution in [1.29, 1.82) is 0 Å². The topological polar surface area (TPSA) is 12.0 Å². The first-order valence-corrected chi connectivity index (χ1v) is 7.08. The molecular weight excluding hydrogens is 269 g/mol. The maximum atomic E-state index is 13.2. The van der Waals surface area contributed by atoms with Gasteiger partial charge in [0.2, 0.25) is 0 Å². The molecule has 0 bridgehead atoms. The number of benzene rings is 1. The van der Waals surface area contributed by atoms with Crippen LogP contribution in [-0.2, 0) is 0 Å². The Morgan fingerprint density at radius 1 is 1.28 bits per heavy atom. The van der Waals surface area contributed by atoms with Gasteiger partial charge >= 0.3 is 0 Å². The molecule has 0 amide bonds. The molecule has 1 N–H and O–H groups in total. The van der Waals surface area contributed by atoms with Crippen LogP contribution in [0.15, 0.2) is 35.7 Å². The SMILES string of the molecule is CC(C)C(Nc1cc(F)ccc1Cl)c1cccs1. The van der Waals surface area contributed by atoms with E-state index >= 15 is 0 Å². The molecule has 1 atom stereocenters. The number of halogens is 2. The summed E-state index contributed by atoms with van der Waals surface area (Å²) in [4.78, 5) is 1.23. The van der Waals surface area contributed by atoms with Gasteiger partial charge in [-0.1, -0.05) is 31.5 Å². The summed E-state index contributed by atoms with van der Waals surface area (Å²) < 4.78 is 13.2. The van der Waals surface area contributed by atoms with E-state index in [2.05, 4.69) is 25.2 Å². The molecule has 0 aliphatic carbocycles. The average molecular weight is 284 g/mol. The smallest absolute Gasteiger partial charge is 0.125 e. The molecule has 1 aromatic carbocycles. The summed E-state index contributed by atoms with van der Waals surface area (Å²) >= 11 is 7.77. The Morgan fingerprint density at radius 2 is 2.06 bits per heavy atom. The summed E-state index contributed by atoms with van der Waals surface area (Å²) in [7, 11) is 0. The summed E-state index contributed by atoms with van der Waals surface area (Å²) in [6, 6.07) is 8.61. The Bertz CT molecular complexity index is 511. The van der Waals surface area contributed by atoms with Crippen molar-refractivity contribution in [2.24, 2.45) is 5.92 Å². The maximum absolute atomic E-state index is 13.2. The molecular formula is C14H15ClFNS. The van der Waals surface area contributed by atoms with Gasteiger partial charge in [-0.2, -0.15) is 0 Å². The Balaban J connectivity index is 2.27. The van der Waals surface area contributed by atoms with E-state index in [0.717, 1.165) is 0 Å². The Morgan fingerprint density at radius 3 is 2.67 bits per heavy atom. The van der Waals surface area contributed by atoms with Gasteiger partial charge in [0.25, 0.3) is 0 Å². The Kier molecular flexibility index (Phi) is 4.25. The first-order chi connectivity index (χ1) is 8.58. The van der Waals surface area contributed by atoms with Gasteiger partial charge in [0.05, 0.1) is 16.8 Å². The van der Waals surface area contributed by atoms with Crippen molar-refractivity contribution in [3.05, 3.63) is 51.4 Å². The van der Waals surface area contributed by atoms with Crippen LogP contribution in [0.5, 0.6) is 0 Å². The Hall–Kier alpha value is -1.06. The minimum Gasteiger partial charge on any atom is -0.376 e. The highest BCUT2D eigenvalue weighted by atomic mass is 35.5. The van der Waals surface area contributed by atoms with E-state index < -0.39 is 0 Å². The molecule has 0 saturated carbocycles. The lowest BCUT2D eigenvalue weighted by Gasteiger charge is -2.23. The van der Waals surface area contributed by atoms with Crippen LogP contribution < -0.4 is 5.32 Å². The molecule has 1 aromatic heterocycles. The van der Waals surface area contributed by atoms with Gasteiger partial charge in [-0.25, -0.2) is 4.39 Å². The molecule has 1 unspecified atom stereocenters. The average Bonchev–Trinajstić information content (AvgIpc) is 2.83. The van der Waals surface area contributed by atoms with Gasteiger partial charge < -0.3 is 5.32 Å². The largest absolute Gasteiger partial charge is 0.376 e. The first-order valence-electron chi connectivity index (χ1n) is 5.83. The highest BCUT2D eigenvalue weighted by Gasteiger charge is 2.17. The zero-order valence-electron chi connectivity index (χ0n) is 10.3. The first kappa shape index (κ1) is 13.4. The summed E-state index contributed by atoms with van der Waals surface area (Å²) in [5.74, 6) is 0.110. The predicted molar refractivity (Wildman–Crippen MR) is 76.9 cm³/mol. The number of rotatable bonds is 4. The van der Waals surface area contributed by atoms with E-state index in [1.54, 1.807) is 17.4 Å². The van der Waals surface area contributed by atoms with Crippen molar-refractivity contribution in [2.75, 3.05) is 5.32 Å². The van der Waals surface area contributed by atoms with Gasteiger partial charge in [-0.05, 0) is 35.6 Å². The molecule has 96 valence electrons. The third-order valence-electron chi connectivity index (χ3n) is 2.76. The molecule has 2 rings (SSSR count). The van der Waals surface area contributed by atoms with Crippen molar-refractivity contribution < 1.29 is 4.39 Å². The van der Waals surface area contributed by atoms with E-state index in [9.17, 15) is 4.39 Å². The van der Waals surface area contributed by atoms with Gasteiger partial charge in [0.1, 0.15) is 5.82 Å². The second-order valence-electron chi connectivity index (χ2n) is 4.51. The summed E-state index contributed by atoms with van der Waals surface area (Å²) in [6.45, 7) is 4.26. The predicted octanol–water partition coefficient (Wildman–Crippen LogP) is 5.35. The van der Waals surface area contributed by atoms with Crippen molar-refractivity contribution in [3.63, 3.8) is 0 Å². The second kappa shape index (κ2) is 5.72. The number of thiophene rings is 1. The van der Waals surface area contributed by atoms with E-state index in [1.807, 2.05) is 11.4 Å². The monoisotopic (exact) mass is 283 g/mol. The fraction of sp³-hybridized carbons (Fsp3) is 0.286. The lowest BCUT2D eigenvalue weighted by Crippen LogP contribution is -2.15. The van der Waals surface area contributed by atoms with Gasteiger partial charge in [-0.15, -0.1) is 11.3 Å². The number of anilines is 1. The zero-order chi connectivity index (χ0) is 13.1. The van der Waals surface area contributed by atoms with Crippen molar-refractivity contribution in [3.8, 4) is 0 Å². The molecule has 0 aliphatic heterocycles. The fourth-order valence-corrected chi connectivity index (χ4v) is 2.93. The summed E-state index contributed by atoms with van der Waals surface area (Å²) in [5.41, 5.74) is 0.642. The molecule has 0 spiro atoms. The van der Waals surface area contributed by atoms with Crippen LogP contribution in [0.1, 0.15) is 24.8 Å². The van der Waals surface area contributed by atoms with E-state index in [4.69, 9.17) is 11.6 Å². The summed E-state index contributed by atoms with van der Waals surface area (Å²) in [5, 5.41) is 5.91. The molecule has 0 aliphatic rings. The van der Waals surface area contributed by atoms with E-state index in [0.29, 0.717) is 16.6 Å². The van der Waals surface area contributed by atoms with Gasteiger partial charge in [0, 0.05) is 4.88 Å². The maximum Gasteiger partial charge on any atom is 0.125 e. The number of hydrogen-bond donors (Lipinski definition) is 1. The van der Waals surface area contributed by atoms with E-state index in [1.165, 1.54) is 17.0 Å². The fourth-order valence-electron chi connectivity index (χ4n) is 1.81. The highest BCUT2D eigenvalue weighted by Crippen LogP contribution is 2.32. The highest BCUT2D eigenvalue weighted by molar-refractivity contribution is 7.10. The van der Waals surface area contributed by atoms with E-state index in [-0.39, 0.29) is 11.9 Å². The van der Waals surface area contributed by atoms with Crippen molar-refractivity contribution in [1.82, 2.24) is 0 Å². The quantitative estimate of drug-likeness (QED) is 0.797. The Labute approximate surface area is 116 Å². The molecule has 0 saturated heterocycles. The molecule has 4 heteroatoms. The molecule has 0 fully saturated rings. The lowest BCUT2D eigenvalue weighted by atomic mass is 10.0. The van der Waals surface area contributed by atoms with Crippen LogP contribution in [-0.4, -0.2) is 0 Å². The molecule has 1 nitrogen and oxygen atoms in total. The van der Waals surface area contributed by atoms with Crippen molar-refractivity contribution in [2.45, 2.75) is 19.9 Å². The van der Waals surface area contributed by atoms with Crippen LogP contribution in [0.4, 0.5) is 10.1 Å². The third-order valence-corrected chi connectivity index (χ3v) is 4.04. The molecule has 2 aromatic rings. The van der Waals surface area contributed by atoms with Crippen LogP contribution >= 0.6 is 22.9 Å². The standard InChI is InChI=1S/C14H15ClFNS/c1-9(2)14(13-4-3-7-18-13)17-12-8-10(16)5-6-11(12)15/h3-9,14,17H,1-2H3. The van der Waals surface area contributed by atoms with Crippen molar-refractivity contribution >= 4 is 28.6 Å². The lowest BCUT2D eigenvalue weighted by molar-refractivity contribution is 0.553. The van der Waals surface area contributed by atoms with Crippen LogP contribution in [0.3, 0.4) is 0 Å². The zero-order valence-corrected chi connectivity index (χ0v) is 11.9. The normalized spacial score (nSPS) is 12.7. The number of hydrogen-bond acceptors (Lipinski definition) is 2. The second-order valence-corrected chi connectivity index (χ2v) is 5.89. The third kappa shape index (κ3) is 3.03. The summed E-state index contributed by atoms with van der Waals surface area (Å²) in [6.07, 6.45) is 0. The molecule has 18 heavy (non-hydrogen) atoms. The van der Waals surface area contributed by atoms with Crippen LogP contribution in [0.25, 0.3) is 0 Å². The minimum atomic E-state index is -0.282. The number of nitrogens with one attached hydrogen (secondary N) is 1. The van der Waals surface area contributed by atoms with Gasteiger partial charge in [-0.3, -0.25) is 0 Å². The van der Waals surface area contributed by atoms with Crippen LogP contribution in [0.2, 0.25) is 5.02 Å². The molecule has 0 radical (unpaired) electrons. The van der Waals surface area contributed by atoms with Gasteiger partial charge in [0.15, 0.2) is 0 Å². The van der Waals surface area contributed by atoms with Crippen LogP contribution in [0, 0.1) is 11.7 Å². The minimum absolute atomic E-state index is 0.143.